The molecule has 0 radical (unpaired) electrons. The highest BCUT2D eigenvalue weighted by atomic mass is 35.5. The van der Waals surface area contributed by atoms with Crippen LogP contribution in [0.5, 0.6) is 11.5 Å². The molecule has 2 aromatic rings. The standard InChI is InChI=1S/C20H28N4O4.ClH/c1-26-13-20(6-8-21-9-7-20)12-22-19(25)16-11-15(23-24-16)14-4-5-17(27-2)18(10-14)28-3;/h4-5,10-11,21H,6-9,12-13H2,1-3H3,(H,22,25)(H,23,24);1H. The van der Waals surface area contributed by atoms with Crippen molar-refractivity contribution in [3.05, 3.63) is 30.0 Å². The molecule has 0 atom stereocenters. The van der Waals surface area contributed by atoms with E-state index in [1.165, 1.54) is 0 Å². The van der Waals surface area contributed by atoms with Gasteiger partial charge in [-0.2, -0.15) is 5.10 Å². The van der Waals surface area contributed by atoms with Crippen molar-refractivity contribution in [3.8, 4) is 22.8 Å². The number of methoxy groups -OCH3 is 3. The summed E-state index contributed by atoms with van der Waals surface area (Å²) < 4.78 is 16.0. The SMILES string of the molecule is COCC1(CNC(=O)c2cc(-c3ccc(OC)c(OC)c3)n[nH]2)CCNCC1.Cl. The second-order valence-corrected chi connectivity index (χ2v) is 7.10. The average Bonchev–Trinajstić information content (AvgIpc) is 3.23. The van der Waals surface area contributed by atoms with E-state index in [4.69, 9.17) is 14.2 Å². The fourth-order valence-corrected chi connectivity index (χ4v) is 3.58. The maximum atomic E-state index is 12.6. The van der Waals surface area contributed by atoms with Crippen molar-refractivity contribution in [2.75, 3.05) is 47.6 Å². The van der Waals surface area contributed by atoms with Crippen LogP contribution in [-0.4, -0.2) is 63.7 Å². The predicted octanol–water partition coefficient (Wildman–Crippen LogP) is 2.26. The second kappa shape index (κ2) is 10.5. The number of halogens is 1. The van der Waals surface area contributed by atoms with Crippen molar-refractivity contribution in [3.63, 3.8) is 0 Å². The van der Waals surface area contributed by atoms with Crippen molar-refractivity contribution in [2.45, 2.75) is 12.8 Å². The topological polar surface area (TPSA) is 97.5 Å². The van der Waals surface area contributed by atoms with E-state index in [-0.39, 0.29) is 23.7 Å². The molecule has 160 valence electrons. The van der Waals surface area contributed by atoms with Gasteiger partial charge in [0, 0.05) is 24.6 Å². The van der Waals surface area contributed by atoms with E-state index in [1.54, 1.807) is 27.4 Å². The van der Waals surface area contributed by atoms with Crippen molar-refractivity contribution in [2.24, 2.45) is 5.41 Å². The maximum absolute atomic E-state index is 12.6. The number of aromatic amines is 1. The van der Waals surface area contributed by atoms with Gasteiger partial charge >= 0.3 is 0 Å². The summed E-state index contributed by atoms with van der Waals surface area (Å²) >= 11 is 0. The van der Waals surface area contributed by atoms with Gasteiger partial charge in [-0.25, -0.2) is 0 Å². The zero-order chi connectivity index (χ0) is 20.0. The molecule has 1 aliphatic heterocycles. The van der Waals surface area contributed by atoms with Crippen molar-refractivity contribution >= 4 is 18.3 Å². The number of hydrogen-bond donors (Lipinski definition) is 3. The van der Waals surface area contributed by atoms with Crippen LogP contribution in [0.2, 0.25) is 0 Å². The molecule has 0 unspecified atom stereocenters. The van der Waals surface area contributed by atoms with Crippen LogP contribution in [0.15, 0.2) is 24.3 Å². The highest BCUT2D eigenvalue weighted by Crippen LogP contribution is 2.32. The monoisotopic (exact) mass is 424 g/mol. The zero-order valence-corrected chi connectivity index (χ0v) is 17.9. The van der Waals surface area contributed by atoms with Crippen LogP contribution >= 0.6 is 12.4 Å². The molecule has 0 aliphatic carbocycles. The summed E-state index contributed by atoms with van der Waals surface area (Å²) in [5, 5.41) is 13.5. The number of hydrogen-bond acceptors (Lipinski definition) is 6. The van der Waals surface area contributed by atoms with Crippen molar-refractivity contribution < 1.29 is 19.0 Å². The van der Waals surface area contributed by atoms with Gasteiger partial charge in [-0.3, -0.25) is 9.89 Å². The Hall–Kier alpha value is -2.29. The third-order valence-electron chi connectivity index (χ3n) is 5.24. The summed E-state index contributed by atoms with van der Waals surface area (Å²) in [5.41, 5.74) is 1.90. The van der Waals surface area contributed by atoms with Crippen LogP contribution in [0.4, 0.5) is 0 Å². The molecule has 1 aliphatic rings. The number of piperidine rings is 1. The van der Waals surface area contributed by atoms with Gasteiger partial charge in [0.2, 0.25) is 0 Å². The lowest BCUT2D eigenvalue weighted by Crippen LogP contribution is -2.47. The molecule has 3 N–H and O–H groups in total. The molecule has 9 heteroatoms. The molecule has 29 heavy (non-hydrogen) atoms. The van der Waals surface area contributed by atoms with E-state index in [0.29, 0.717) is 36.0 Å². The van der Waals surface area contributed by atoms with Crippen LogP contribution in [-0.2, 0) is 4.74 Å². The van der Waals surface area contributed by atoms with Gasteiger partial charge in [-0.05, 0) is 50.2 Å². The molecule has 8 nitrogen and oxygen atoms in total. The Morgan fingerprint density at radius 1 is 1.14 bits per heavy atom. The number of ether oxygens (including phenoxy) is 3. The molecular formula is C20H29ClN4O4. The molecule has 0 bridgehead atoms. The number of H-pyrrole nitrogens is 1. The van der Waals surface area contributed by atoms with E-state index >= 15 is 0 Å². The quantitative estimate of drug-likeness (QED) is 0.601. The van der Waals surface area contributed by atoms with E-state index in [9.17, 15) is 4.79 Å². The number of nitrogens with zero attached hydrogens (tertiary/aromatic N) is 1. The Morgan fingerprint density at radius 3 is 2.52 bits per heavy atom. The first-order valence-electron chi connectivity index (χ1n) is 9.36. The Labute approximate surface area is 177 Å². The highest BCUT2D eigenvalue weighted by molar-refractivity contribution is 5.93. The van der Waals surface area contributed by atoms with Gasteiger partial charge in [0.05, 0.1) is 26.5 Å². The van der Waals surface area contributed by atoms with Crippen molar-refractivity contribution in [1.82, 2.24) is 20.8 Å². The smallest absolute Gasteiger partial charge is 0.269 e. The second-order valence-electron chi connectivity index (χ2n) is 7.10. The minimum Gasteiger partial charge on any atom is -0.493 e. The van der Waals surface area contributed by atoms with Crippen LogP contribution in [0.3, 0.4) is 0 Å². The Balaban J connectivity index is 0.00000300. The minimum atomic E-state index is -0.173. The number of nitrogens with one attached hydrogen (secondary N) is 3. The Bertz CT molecular complexity index is 800. The number of carbonyl (C=O) groups excluding carboxylic acids is 1. The van der Waals surface area contributed by atoms with E-state index in [0.717, 1.165) is 31.5 Å². The van der Waals surface area contributed by atoms with Crippen LogP contribution in [0, 0.1) is 5.41 Å². The van der Waals surface area contributed by atoms with Gasteiger partial charge in [0.1, 0.15) is 5.69 Å². The first-order chi connectivity index (χ1) is 13.6. The van der Waals surface area contributed by atoms with Crippen LogP contribution in [0.25, 0.3) is 11.3 Å². The molecule has 0 saturated carbocycles. The Morgan fingerprint density at radius 2 is 1.86 bits per heavy atom. The van der Waals surface area contributed by atoms with E-state index in [2.05, 4.69) is 20.8 Å². The summed E-state index contributed by atoms with van der Waals surface area (Å²) in [5.74, 6) is 1.08. The average molecular weight is 425 g/mol. The molecule has 1 amide bonds. The van der Waals surface area contributed by atoms with Gasteiger partial charge in [-0.1, -0.05) is 0 Å². The van der Waals surface area contributed by atoms with Gasteiger partial charge in [-0.15, -0.1) is 12.4 Å². The molecule has 3 rings (SSSR count). The summed E-state index contributed by atoms with van der Waals surface area (Å²) in [6.07, 6.45) is 1.95. The molecular weight excluding hydrogens is 396 g/mol. The predicted molar refractivity (Wildman–Crippen MR) is 113 cm³/mol. The van der Waals surface area contributed by atoms with E-state index < -0.39 is 0 Å². The summed E-state index contributed by atoms with van der Waals surface area (Å²) in [7, 11) is 4.88. The first-order valence-corrected chi connectivity index (χ1v) is 9.36. The van der Waals surface area contributed by atoms with Crippen molar-refractivity contribution in [1.29, 1.82) is 0 Å². The fourth-order valence-electron chi connectivity index (χ4n) is 3.58. The fraction of sp³-hybridized carbons (Fsp3) is 0.500. The summed E-state index contributed by atoms with van der Waals surface area (Å²) in [6, 6.07) is 7.26. The van der Waals surface area contributed by atoms with Gasteiger partial charge < -0.3 is 24.8 Å². The molecule has 1 aromatic carbocycles. The lowest BCUT2D eigenvalue weighted by molar-refractivity contribution is 0.0510. The van der Waals surface area contributed by atoms with E-state index in [1.807, 2.05) is 18.2 Å². The first kappa shape index (κ1) is 23.0. The highest BCUT2D eigenvalue weighted by Gasteiger charge is 2.32. The third-order valence-corrected chi connectivity index (χ3v) is 5.24. The summed E-state index contributed by atoms with van der Waals surface area (Å²) in [4.78, 5) is 12.6. The number of carbonyl (C=O) groups is 1. The van der Waals surface area contributed by atoms with Crippen LogP contribution < -0.4 is 20.1 Å². The normalized spacial score (nSPS) is 15.3. The number of benzene rings is 1. The maximum Gasteiger partial charge on any atom is 0.269 e. The molecule has 1 aromatic heterocycles. The lowest BCUT2D eigenvalue weighted by Gasteiger charge is -2.37. The number of aromatic nitrogens is 2. The zero-order valence-electron chi connectivity index (χ0n) is 17.0. The molecule has 0 spiro atoms. The largest absolute Gasteiger partial charge is 0.493 e. The number of rotatable bonds is 8. The number of amides is 1. The van der Waals surface area contributed by atoms with Gasteiger partial charge in [0.25, 0.3) is 5.91 Å². The summed E-state index contributed by atoms with van der Waals surface area (Å²) in [6.45, 7) is 3.08. The van der Waals surface area contributed by atoms with Crippen LogP contribution in [0.1, 0.15) is 23.3 Å². The Kier molecular flexibility index (Phi) is 8.31. The molecule has 2 heterocycles. The third kappa shape index (κ3) is 5.41. The van der Waals surface area contributed by atoms with Gasteiger partial charge in [0.15, 0.2) is 11.5 Å². The minimum absolute atomic E-state index is 0. The molecule has 1 saturated heterocycles. The lowest BCUT2D eigenvalue weighted by atomic mass is 9.79. The molecule has 1 fully saturated rings.